The second-order valence-corrected chi connectivity index (χ2v) is 7.37. The largest absolute Gasteiger partial charge is 0.398 e. The highest BCUT2D eigenvalue weighted by Gasteiger charge is 2.27. The van der Waals surface area contributed by atoms with E-state index in [0.29, 0.717) is 34.3 Å². The lowest BCUT2D eigenvalue weighted by Gasteiger charge is -2.34. The summed E-state index contributed by atoms with van der Waals surface area (Å²) >= 11 is 7.33. The second kappa shape index (κ2) is 7.41. The molecule has 21 heavy (non-hydrogen) atoms. The summed E-state index contributed by atoms with van der Waals surface area (Å²) < 4.78 is 0. The van der Waals surface area contributed by atoms with E-state index in [2.05, 4.69) is 19.2 Å². The van der Waals surface area contributed by atoms with E-state index < -0.39 is 0 Å². The van der Waals surface area contributed by atoms with E-state index in [-0.39, 0.29) is 5.91 Å². The topological polar surface area (TPSA) is 55.1 Å². The number of anilines is 1. The summed E-state index contributed by atoms with van der Waals surface area (Å²) in [5.74, 6) is 1.71. The monoisotopic (exact) mass is 326 g/mol. The van der Waals surface area contributed by atoms with Crippen molar-refractivity contribution in [2.45, 2.75) is 44.0 Å². The standard InChI is InChI=1S/C16H23ClN2OS/c1-10-4-3-5-14(11(10)2)19-16(20)9-21-15-7-6-12(17)8-13(15)18/h6-8,10-11,14H,3-5,9,18H2,1-2H3,(H,19,20). The second-order valence-electron chi connectivity index (χ2n) is 5.91. The molecule has 3 unspecified atom stereocenters. The number of carbonyl (C=O) groups is 1. The maximum absolute atomic E-state index is 12.1. The molecular weight excluding hydrogens is 304 g/mol. The van der Waals surface area contributed by atoms with Crippen LogP contribution in [0.2, 0.25) is 5.02 Å². The number of hydrogen-bond acceptors (Lipinski definition) is 3. The molecule has 1 aliphatic carbocycles. The van der Waals surface area contributed by atoms with Gasteiger partial charge in [0.05, 0.1) is 5.75 Å². The molecule has 1 saturated carbocycles. The van der Waals surface area contributed by atoms with Crippen molar-refractivity contribution in [1.29, 1.82) is 0 Å². The third-order valence-electron chi connectivity index (χ3n) is 4.38. The molecule has 0 radical (unpaired) electrons. The number of thioether (sulfide) groups is 1. The molecule has 3 atom stereocenters. The van der Waals surface area contributed by atoms with Gasteiger partial charge < -0.3 is 11.1 Å². The first-order valence-electron chi connectivity index (χ1n) is 7.44. The van der Waals surface area contributed by atoms with Gasteiger partial charge in [-0.1, -0.05) is 38.3 Å². The van der Waals surface area contributed by atoms with Crippen molar-refractivity contribution in [3.63, 3.8) is 0 Å². The first-order valence-corrected chi connectivity index (χ1v) is 8.81. The number of nitrogens with one attached hydrogen (secondary N) is 1. The zero-order valence-electron chi connectivity index (χ0n) is 12.6. The molecule has 1 aromatic rings. The summed E-state index contributed by atoms with van der Waals surface area (Å²) in [6.45, 7) is 4.51. The highest BCUT2D eigenvalue weighted by molar-refractivity contribution is 8.00. The van der Waals surface area contributed by atoms with Crippen LogP contribution in [0.5, 0.6) is 0 Å². The van der Waals surface area contributed by atoms with Crippen LogP contribution in [0.4, 0.5) is 5.69 Å². The number of carbonyl (C=O) groups excluding carboxylic acids is 1. The highest BCUT2D eigenvalue weighted by Crippen LogP contribution is 2.30. The number of rotatable bonds is 4. The average molecular weight is 327 g/mol. The first-order chi connectivity index (χ1) is 9.97. The van der Waals surface area contributed by atoms with Crippen molar-refractivity contribution >= 4 is 35.0 Å². The van der Waals surface area contributed by atoms with Gasteiger partial charge in [-0.25, -0.2) is 0 Å². The van der Waals surface area contributed by atoms with Crippen molar-refractivity contribution in [3.05, 3.63) is 23.2 Å². The molecule has 3 nitrogen and oxygen atoms in total. The molecule has 1 aliphatic rings. The van der Waals surface area contributed by atoms with E-state index >= 15 is 0 Å². The van der Waals surface area contributed by atoms with Crippen molar-refractivity contribution in [2.24, 2.45) is 11.8 Å². The van der Waals surface area contributed by atoms with Crippen molar-refractivity contribution in [2.75, 3.05) is 11.5 Å². The highest BCUT2D eigenvalue weighted by atomic mass is 35.5. The van der Waals surface area contributed by atoms with Gasteiger partial charge in [-0.05, 0) is 36.5 Å². The van der Waals surface area contributed by atoms with Crippen LogP contribution in [-0.4, -0.2) is 17.7 Å². The maximum atomic E-state index is 12.1. The van der Waals surface area contributed by atoms with Gasteiger partial charge in [-0.2, -0.15) is 0 Å². The van der Waals surface area contributed by atoms with Crippen LogP contribution in [0.15, 0.2) is 23.1 Å². The molecule has 5 heteroatoms. The molecule has 3 N–H and O–H groups in total. The van der Waals surface area contributed by atoms with Crippen LogP contribution in [0.1, 0.15) is 33.1 Å². The number of hydrogen-bond donors (Lipinski definition) is 2. The number of benzene rings is 1. The Kier molecular flexibility index (Phi) is 5.82. The van der Waals surface area contributed by atoms with Crippen LogP contribution in [0.25, 0.3) is 0 Å². The minimum atomic E-state index is 0.0836. The molecule has 0 aliphatic heterocycles. The van der Waals surface area contributed by atoms with Gasteiger partial charge in [0.1, 0.15) is 0 Å². The smallest absolute Gasteiger partial charge is 0.230 e. The quantitative estimate of drug-likeness (QED) is 0.650. The Bertz CT molecular complexity index is 509. The Morgan fingerprint density at radius 1 is 1.43 bits per heavy atom. The molecule has 0 aromatic heterocycles. The number of amides is 1. The fourth-order valence-electron chi connectivity index (χ4n) is 2.83. The molecule has 1 aromatic carbocycles. The lowest BCUT2D eigenvalue weighted by Crippen LogP contribution is -2.44. The maximum Gasteiger partial charge on any atom is 0.230 e. The molecule has 116 valence electrons. The summed E-state index contributed by atoms with van der Waals surface area (Å²) in [7, 11) is 0. The summed E-state index contributed by atoms with van der Waals surface area (Å²) in [6, 6.07) is 5.68. The Hall–Kier alpha value is -0.870. The predicted molar refractivity (Wildman–Crippen MR) is 90.7 cm³/mol. The Labute approximate surface area is 136 Å². The van der Waals surface area contributed by atoms with Crippen LogP contribution in [0, 0.1) is 11.8 Å². The molecular formula is C16H23ClN2OS. The van der Waals surface area contributed by atoms with Gasteiger partial charge in [0.25, 0.3) is 0 Å². The lowest BCUT2D eigenvalue weighted by atomic mass is 9.78. The van der Waals surface area contributed by atoms with Gasteiger partial charge in [-0.3, -0.25) is 4.79 Å². The van der Waals surface area contributed by atoms with E-state index in [1.807, 2.05) is 6.07 Å². The van der Waals surface area contributed by atoms with E-state index in [1.54, 1.807) is 12.1 Å². The first kappa shape index (κ1) is 16.5. The molecule has 0 heterocycles. The van der Waals surface area contributed by atoms with E-state index in [1.165, 1.54) is 24.6 Å². The zero-order valence-corrected chi connectivity index (χ0v) is 14.1. The predicted octanol–water partition coefficient (Wildman–Crippen LogP) is 3.96. The normalized spacial score (nSPS) is 25.6. The van der Waals surface area contributed by atoms with Crippen LogP contribution in [-0.2, 0) is 4.79 Å². The molecule has 0 spiro atoms. The van der Waals surface area contributed by atoms with Crippen molar-refractivity contribution < 1.29 is 4.79 Å². The van der Waals surface area contributed by atoms with E-state index in [0.717, 1.165) is 11.3 Å². The Morgan fingerprint density at radius 3 is 2.90 bits per heavy atom. The van der Waals surface area contributed by atoms with Gasteiger partial charge in [0, 0.05) is 21.6 Å². The van der Waals surface area contributed by atoms with Crippen molar-refractivity contribution in [1.82, 2.24) is 5.32 Å². The van der Waals surface area contributed by atoms with E-state index in [4.69, 9.17) is 17.3 Å². The fraction of sp³-hybridized carbons (Fsp3) is 0.562. The Morgan fingerprint density at radius 2 is 2.19 bits per heavy atom. The zero-order chi connectivity index (χ0) is 15.4. The third-order valence-corrected chi connectivity index (χ3v) is 5.71. The molecule has 0 bridgehead atoms. The van der Waals surface area contributed by atoms with Gasteiger partial charge in [0.2, 0.25) is 5.91 Å². The van der Waals surface area contributed by atoms with E-state index in [9.17, 15) is 4.79 Å². The number of nitrogens with two attached hydrogens (primary N) is 1. The lowest BCUT2D eigenvalue weighted by molar-refractivity contribution is -0.119. The molecule has 1 amide bonds. The minimum Gasteiger partial charge on any atom is -0.398 e. The van der Waals surface area contributed by atoms with Gasteiger partial charge >= 0.3 is 0 Å². The van der Waals surface area contributed by atoms with Gasteiger partial charge in [-0.15, -0.1) is 11.8 Å². The molecule has 1 fully saturated rings. The summed E-state index contributed by atoms with van der Waals surface area (Å²) in [5.41, 5.74) is 6.52. The fourth-order valence-corrected chi connectivity index (χ4v) is 3.77. The van der Waals surface area contributed by atoms with Crippen LogP contribution < -0.4 is 11.1 Å². The number of halogens is 1. The average Bonchev–Trinajstić information content (AvgIpc) is 2.43. The molecule has 2 rings (SSSR count). The van der Waals surface area contributed by atoms with Crippen LogP contribution in [0.3, 0.4) is 0 Å². The summed E-state index contributed by atoms with van der Waals surface area (Å²) in [5, 5.41) is 3.79. The summed E-state index contributed by atoms with van der Waals surface area (Å²) in [6.07, 6.45) is 3.56. The van der Waals surface area contributed by atoms with Crippen molar-refractivity contribution in [3.8, 4) is 0 Å². The minimum absolute atomic E-state index is 0.0836. The third kappa shape index (κ3) is 4.55. The van der Waals surface area contributed by atoms with Gasteiger partial charge in [0.15, 0.2) is 0 Å². The molecule has 0 saturated heterocycles. The SMILES string of the molecule is CC1CCCC(NC(=O)CSc2ccc(Cl)cc2N)C1C. The summed E-state index contributed by atoms with van der Waals surface area (Å²) in [4.78, 5) is 13.0. The number of nitrogen functional groups attached to an aromatic ring is 1. The Balaban J connectivity index is 1.84. The van der Waals surface area contributed by atoms with Crippen LogP contribution >= 0.6 is 23.4 Å².